The monoisotopic (exact) mass is 606 g/mol. The maximum Gasteiger partial charge on any atom is 0.276 e. The molecule has 3 N–H and O–H groups in total. The fourth-order valence-electron chi connectivity index (χ4n) is 5.64. The number of aliphatic hydroxyl groups excluding tert-OH is 1. The topological polar surface area (TPSA) is 133 Å². The highest BCUT2D eigenvalue weighted by molar-refractivity contribution is 6.03. The van der Waals surface area contributed by atoms with Crippen molar-refractivity contribution >= 4 is 45.7 Å². The Bertz CT molecular complexity index is 2020. The number of aliphatic hydroxyl groups is 1. The average Bonchev–Trinajstić information content (AvgIpc) is 3.77. The van der Waals surface area contributed by atoms with Gasteiger partial charge < -0.3 is 19.6 Å². The number of imidazole rings is 2. The second-order valence-corrected chi connectivity index (χ2v) is 11.0. The van der Waals surface area contributed by atoms with Crippen molar-refractivity contribution in [3.63, 3.8) is 0 Å². The number of fused-ring (bicyclic) bond motifs is 2. The van der Waals surface area contributed by atoms with Crippen molar-refractivity contribution in [2.45, 2.75) is 66.9 Å². The van der Waals surface area contributed by atoms with Crippen LogP contribution in [0.5, 0.6) is 0 Å². The van der Waals surface area contributed by atoms with Gasteiger partial charge in [-0.2, -0.15) is 10.2 Å². The van der Waals surface area contributed by atoms with Crippen LogP contribution in [0, 0.1) is 13.8 Å². The Balaban J connectivity index is 1.31. The fraction of sp³-hybridized carbons (Fsp3) is 0.303. The lowest BCUT2D eigenvalue weighted by molar-refractivity contribution is 0.101. The van der Waals surface area contributed by atoms with Crippen LogP contribution in [0.1, 0.15) is 54.3 Å². The van der Waals surface area contributed by atoms with Gasteiger partial charge in [-0.1, -0.05) is 36.4 Å². The van der Waals surface area contributed by atoms with E-state index in [4.69, 9.17) is 9.97 Å². The van der Waals surface area contributed by atoms with Crippen LogP contribution in [-0.4, -0.2) is 49.7 Å². The van der Waals surface area contributed by atoms with E-state index in [1.165, 1.54) is 0 Å². The second-order valence-electron chi connectivity index (χ2n) is 11.0. The van der Waals surface area contributed by atoms with Crippen molar-refractivity contribution in [1.29, 1.82) is 0 Å². The third-order valence-corrected chi connectivity index (χ3v) is 7.76. The highest BCUT2D eigenvalue weighted by Crippen LogP contribution is 2.28. The first-order valence-corrected chi connectivity index (χ1v) is 15.2. The van der Waals surface area contributed by atoms with Crippen LogP contribution >= 0.6 is 0 Å². The lowest BCUT2D eigenvalue weighted by Crippen LogP contribution is -2.19. The van der Waals surface area contributed by atoms with Crippen molar-refractivity contribution < 1.29 is 9.90 Å². The smallest absolute Gasteiger partial charge is 0.276 e. The average molecular weight is 607 g/mol. The standard InChI is InChI=1S/C33H38N10O2/c1-6-42-28(19-21(3)38-42)31(45)37-33-36-30-24(23(5)44)13-12-16-27(30)41(33)18-11-10-17-40-26-15-9-8-14-25(26)34-32(40)35-29-20-22(4)39-43(29)7-2/h8-16,19-20,23,44H,6-7,17-18H2,1-5H3,(H,34,35)(H,36,37,45)/b11-10+. The molecule has 6 rings (SSSR count). The molecule has 0 aliphatic rings. The molecule has 0 spiro atoms. The summed E-state index contributed by atoms with van der Waals surface area (Å²) in [4.78, 5) is 23.0. The van der Waals surface area contributed by atoms with Gasteiger partial charge in [-0.05, 0) is 58.9 Å². The molecule has 1 amide bonds. The van der Waals surface area contributed by atoms with Gasteiger partial charge in [-0.15, -0.1) is 0 Å². The Morgan fingerprint density at radius 2 is 1.53 bits per heavy atom. The number of nitrogens with one attached hydrogen (secondary N) is 2. The van der Waals surface area contributed by atoms with E-state index in [0.717, 1.165) is 46.2 Å². The molecular weight excluding hydrogens is 568 g/mol. The summed E-state index contributed by atoms with van der Waals surface area (Å²) in [6.45, 7) is 11.9. The molecule has 12 heteroatoms. The predicted octanol–water partition coefficient (Wildman–Crippen LogP) is 5.74. The molecule has 232 valence electrons. The molecule has 12 nitrogen and oxygen atoms in total. The van der Waals surface area contributed by atoms with Gasteiger partial charge >= 0.3 is 0 Å². The Kier molecular flexibility index (Phi) is 8.22. The predicted molar refractivity (Wildman–Crippen MR) is 176 cm³/mol. The van der Waals surface area contributed by atoms with E-state index in [1.807, 2.05) is 78.6 Å². The van der Waals surface area contributed by atoms with Crippen LogP contribution in [0.2, 0.25) is 0 Å². The molecule has 6 aromatic rings. The second kappa shape index (κ2) is 12.4. The number of nitrogens with zero attached hydrogens (tertiary/aromatic N) is 8. The number of para-hydroxylation sites is 3. The molecular formula is C33H38N10O2. The minimum atomic E-state index is -0.714. The van der Waals surface area contributed by atoms with Crippen molar-refractivity contribution in [1.82, 2.24) is 38.7 Å². The quantitative estimate of drug-likeness (QED) is 0.160. The highest BCUT2D eigenvalue weighted by atomic mass is 16.3. The van der Waals surface area contributed by atoms with Crippen LogP contribution in [0.4, 0.5) is 17.7 Å². The molecule has 0 bridgehead atoms. The molecule has 1 atom stereocenters. The van der Waals surface area contributed by atoms with E-state index < -0.39 is 6.10 Å². The maximum atomic E-state index is 13.4. The summed E-state index contributed by atoms with van der Waals surface area (Å²) in [5, 5.41) is 25.9. The molecule has 0 aliphatic carbocycles. The molecule has 0 radical (unpaired) electrons. The number of anilines is 3. The number of aromatic nitrogens is 8. The SMILES string of the molecule is CCn1nc(C)cc1Nc1nc2ccccc2n1C/C=C/Cn1c(NC(=O)c2cc(C)nn2CC)nc2c(C(C)O)cccc21. The normalized spacial score (nSPS) is 12.5. The largest absolute Gasteiger partial charge is 0.389 e. The van der Waals surface area contributed by atoms with Crippen molar-refractivity contribution in [3.8, 4) is 0 Å². The number of aryl methyl sites for hydroxylation is 4. The van der Waals surface area contributed by atoms with Crippen LogP contribution in [0.15, 0.2) is 66.7 Å². The lowest BCUT2D eigenvalue weighted by atomic mass is 10.1. The number of allylic oxidation sites excluding steroid dienone is 2. The Labute approximate surface area is 261 Å². The minimum Gasteiger partial charge on any atom is -0.389 e. The molecule has 0 aliphatic heterocycles. The van der Waals surface area contributed by atoms with Gasteiger partial charge in [0.05, 0.1) is 39.6 Å². The van der Waals surface area contributed by atoms with E-state index >= 15 is 0 Å². The number of hydrogen-bond donors (Lipinski definition) is 3. The summed E-state index contributed by atoms with van der Waals surface area (Å²) in [7, 11) is 0. The number of carbonyl (C=O) groups excluding carboxylic acids is 1. The van der Waals surface area contributed by atoms with Gasteiger partial charge in [0.25, 0.3) is 5.91 Å². The minimum absolute atomic E-state index is 0.293. The molecule has 1 unspecified atom stereocenters. The highest BCUT2D eigenvalue weighted by Gasteiger charge is 2.20. The van der Waals surface area contributed by atoms with E-state index in [0.29, 0.717) is 42.4 Å². The van der Waals surface area contributed by atoms with Gasteiger partial charge in [0, 0.05) is 37.8 Å². The molecule has 2 aromatic carbocycles. The Morgan fingerprint density at radius 3 is 2.27 bits per heavy atom. The van der Waals surface area contributed by atoms with Crippen LogP contribution < -0.4 is 10.6 Å². The molecule has 45 heavy (non-hydrogen) atoms. The Morgan fingerprint density at radius 1 is 0.867 bits per heavy atom. The van der Waals surface area contributed by atoms with E-state index in [2.05, 4.69) is 44.5 Å². The molecule has 0 saturated heterocycles. The zero-order chi connectivity index (χ0) is 31.7. The summed E-state index contributed by atoms with van der Waals surface area (Å²) >= 11 is 0. The van der Waals surface area contributed by atoms with E-state index in [9.17, 15) is 9.90 Å². The number of carbonyl (C=O) groups is 1. The number of hydrogen-bond acceptors (Lipinski definition) is 7. The number of benzene rings is 2. The fourth-order valence-corrected chi connectivity index (χ4v) is 5.64. The third-order valence-electron chi connectivity index (χ3n) is 7.76. The zero-order valence-corrected chi connectivity index (χ0v) is 26.2. The van der Waals surface area contributed by atoms with Crippen LogP contribution in [-0.2, 0) is 26.2 Å². The molecule has 4 aromatic heterocycles. The van der Waals surface area contributed by atoms with Crippen molar-refractivity contribution in [3.05, 3.63) is 89.4 Å². The van der Waals surface area contributed by atoms with Gasteiger partial charge in [0.1, 0.15) is 11.5 Å². The van der Waals surface area contributed by atoms with E-state index in [-0.39, 0.29) is 5.91 Å². The number of rotatable bonds is 11. The molecule has 0 saturated carbocycles. The third kappa shape index (κ3) is 5.84. The summed E-state index contributed by atoms with van der Waals surface area (Å²) in [5.74, 6) is 1.71. The first kappa shape index (κ1) is 29.8. The first-order valence-electron chi connectivity index (χ1n) is 15.2. The lowest BCUT2D eigenvalue weighted by Gasteiger charge is -2.11. The zero-order valence-electron chi connectivity index (χ0n) is 26.2. The van der Waals surface area contributed by atoms with Gasteiger partial charge in [0.15, 0.2) is 0 Å². The van der Waals surface area contributed by atoms with Gasteiger partial charge in [-0.3, -0.25) is 14.8 Å². The molecule has 4 heterocycles. The first-order chi connectivity index (χ1) is 21.8. The number of amides is 1. The maximum absolute atomic E-state index is 13.4. The van der Waals surface area contributed by atoms with Crippen molar-refractivity contribution in [2.24, 2.45) is 0 Å². The summed E-state index contributed by atoms with van der Waals surface area (Å²) < 4.78 is 7.67. The van der Waals surface area contributed by atoms with Crippen molar-refractivity contribution in [2.75, 3.05) is 10.6 Å². The summed E-state index contributed by atoms with van der Waals surface area (Å²) in [6, 6.07) is 17.5. The molecule has 0 fully saturated rings. The summed E-state index contributed by atoms with van der Waals surface area (Å²) in [5.41, 5.74) is 6.22. The van der Waals surface area contributed by atoms with E-state index in [1.54, 1.807) is 17.7 Å². The van der Waals surface area contributed by atoms with Gasteiger partial charge in [-0.25, -0.2) is 14.6 Å². The van der Waals surface area contributed by atoms with Crippen LogP contribution in [0.25, 0.3) is 22.1 Å². The van der Waals surface area contributed by atoms with Crippen LogP contribution in [0.3, 0.4) is 0 Å². The summed E-state index contributed by atoms with van der Waals surface area (Å²) in [6.07, 6.45) is 3.41. The van der Waals surface area contributed by atoms with Gasteiger partial charge in [0.2, 0.25) is 11.9 Å². The Hall–Kier alpha value is -5.23.